The molecule has 0 saturated heterocycles. The second-order valence-electron chi connectivity index (χ2n) is 5.35. The second-order valence-corrected chi connectivity index (χ2v) is 7.26. The first-order valence-corrected chi connectivity index (χ1v) is 8.61. The van der Waals surface area contributed by atoms with E-state index in [9.17, 15) is 22.7 Å². The zero-order valence-electron chi connectivity index (χ0n) is 12.7. The van der Waals surface area contributed by atoms with E-state index in [1.807, 2.05) is 0 Å². The smallest absolute Gasteiger partial charge is 0.339 e. The van der Waals surface area contributed by atoms with Gasteiger partial charge in [0.1, 0.15) is 11.4 Å². The van der Waals surface area contributed by atoms with Gasteiger partial charge in [-0.3, -0.25) is 0 Å². The zero-order valence-corrected chi connectivity index (χ0v) is 13.6. The summed E-state index contributed by atoms with van der Waals surface area (Å²) in [5.74, 6) is -2.09. The Balaban J connectivity index is 2.89. The minimum atomic E-state index is -3.73. The predicted molar refractivity (Wildman–Crippen MR) is 81.6 cm³/mol. The van der Waals surface area contributed by atoms with Crippen LogP contribution in [0.4, 0.5) is 4.39 Å². The first-order chi connectivity index (χ1) is 10.6. The Morgan fingerprint density at radius 3 is 2.17 bits per heavy atom. The summed E-state index contributed by atoms with van der Waals surface area (Å²) in [6.07, 6.45) is 0.946. The van der Waals surface area contributed by atoms with Gasteiger partial charge in [-0.05, 0) is 30.2 Å². The minimum absolute atomic E-state index is 0.0448. The van der Waals surface area contributed by atoms with Gasteiger partial charge in [0.2, 0.25) is 15.0 Å². The number of carboxylic acid groups (broad SMARTS) is 1. The van der Waals surface area contributed by atoms with Crippen molar-refractivity contribution in [2.45, 2.75) is 24.9 Å². The Kier molecular flexibility index (Phi) is 4.46. The summed E-state index contributed by atoms with van der Waals surface area (Å²) >= 11 is 0. The van der Waals surface area contributed by atoms with Gasteiger partial charge in [0.05, 0.1) is 11.4 Å². The van der Waals surface area contributed by atoms with Crippen LogP contribution in [0.15, 0.2) is 29.4 Å². The number of aromatic nitrogens is 2. The monoisotopic (exact) mass is 338 g/mol. The average Bonchev–Trinajstić information content (AvgIpc) is 2.45. The Hall–Kier alpha value is -2.35. The minimum Gasteiger partial charge on any atom is -0.478 e. The lowest BCUT2D eigenvalue weighted by molar-refractivity contribution is 0.0694. The third-order valence-electron chi connectivity index (χ3n) is 3.13. The molecular formula is C15H15FN2O4S. The molecule has 0 spiro atoms. The molecule has 0 bridgehead atoms. The summed E-state index contributed by atoms with van der Waals surface area (Å²) in [4.78, 5) is 19.5. The van der Waals surface area contributed by atoms with Gasteiger partial charge in [-0.15, -0.1) is 0 Å². The molecule has 1 N–H and O–H groups in total. The Bertz CT molecular complexity index is 862. The quantitative estimate of drug-likeness (QED) is 0.860. The highest BCUT2D eigenvalue weighted by Gasteiger charge is 2.26. The number of carbonyl (C=O) groups is 1. The number of halogens is 1. The average molecular weight is 338 g/mol. The molecular weight excluding hydrogens is 323 g/mol. The maximum Gasteiger partial charge on any atom is 0.339 e. The van der Waals surface area contributed by atoms with Crippen LogP contribution in [-0.4, -0.2) is 35.7 Å². The number of nitrogens with zero attached hydrogens (tertiary/aromatic N) is 2. The normalized spacial score (nSPS) is 11.7. The first kappa shape index (κ1) is 17.0. The van der Waals surface area contributed by atoms with Gasteiger partial charge < -0.3 is 5.11 Å². The first-order valence-electron chi connectivity index (χ1n) is 6.72. The highest BCUT2D eigenvalue weighted by atomic mass is 32.2. The van der Waals surface area contributed by atoms with Crippen molar-refractivity contribution in [2.24, 2.45) is 0 Å². The molecule has 23 heavy (non-hydrogen) atoms. The number of benzene rings is 1. The van der Waals surface area contributed by atoms with Crippen molar-refractivity contribution in [3.63, 3.8) is 0 Å². The Morgan fingerprint density at radius 2 is 1.74 bits per heavy atom. The highest BCUT2D eigenvalue weighted by molar-refractivity contribution is 7.90. The van der Waals surface area contributed by atoms with Crippen LogP contribution in [0.1, 0.15) is 35.8 Å². The van der Waals surface area contributed by atoms with Crippen LogP contribution in [0, 0.1) is 5.82 Å². The van der Waals surface area contributed by atoms with Crippen molar-refractivity contribution in [3.8, 4) is 11.3 Å². The predicted octanol–water partition coefficient (Wildman–Crippen LogP) is 2.51. The molecule has 0 fully saturated rings. The van der Waals surface area contributed by atoms with Crippen LogP contribution in [-0.2, 0) is 9.84 Å². The molecule has 0 aliphatic rings. The number of rotatable bonds is 4. The lowest BCUT2D eigenvalue weighted by Crippen LogP contribution is -2.15. The van der Waals surface area contributed by atoms with E-state index in [0.29, 0.717) is 5.56 Å². The molecule has 0 radical (unpaired) electrons. The van der Waals surface area contributed by atoms with Crippen LogP contribution >= 0.6 is 0 Å². The number of hydrogen-bond acceptors (Lipinski definition) is 5. The summed E-state index contributed by atoms with van der Waals surface area (Å²) in [5, 5.41) is 9.05. The SMILES string of the molecule is CC(C)c1nc(S(C)(=O)=O)nc(-c2ccc(F)cc2)c1C(=O)O. The molecule has 0 saturated carbocycles. The van der Waals surface area contributed by atoms with Gasteiger partial charge >= 0.3 is 5.97 Å². The lowest BCUT2D eigenvalue weighted by Gasteiger charge is -2.14. The molecule has 122 valence electrons. The van der Waals surface area contributed by atoms with Gasteiger partial charge in [-0.25, -0.2) is 27.6 Å². The Morgan fingerprint density at radius 1 is 1.17 bits per heavy atom. The van der Waals surface area contributed by atoms with E-state index in [1.54, 1.807) is 13.8 Å². The molecule has 0 aliphatic carbocycles. The van der Waals surface area contributed by atoms with Crippen molar-refractivity contribution in [1.29, 1.82) is 0 Å². The van der Waals surface area contributed by atoms with E-state index in [2.05, 4.69) is 9.97 Å². The largest absolute Gasteiger partial charge is 0.478 e. The number of sulfone groups is 1. The van der Waals surface area contributed by atoms with Crippen molar-refractivity contribution in [1.82, 2.24) is 9.97 Å². The third kappa shape index (κ3) is 3.53. The fourth-order valence-electron chi connectivity index (χ4n) is 2.07. The molecule has 6 nitrogen and oxygen atoms in total. The van der Waals surface area contributed by atoms with Gasteiger partial charge in [-0.2, -0.15) is 0 Å². The maximum absolute atomic E-state index is 13.1. The molecule has 1 aromatic heterocycles. The van der Waals surface area contributed by atoms with Crippen molar-refractivity contribution in [2.75, 3.05) is 6.26 Å². The molecule has 2 aromatic rings. The standard InChI is InChI=1S/C15H15FN2O4S/c1-8(2)12-11(14(19)20)13(9-4-6-10(16)7-5-9)18-15(17-12)23(3,21)22/h4-8H,1-3H3,(H,19,20). The summed E-state index contributed by atoms with van der Waals surface area (Å²) in [7, 11) is -3.73. The van der Waals surface area contributed by atoms with E-state index in [0.717, 1.165) is 18.4 Å². The molecule has 2 rings (SSSR count). The van der Waals surface area contributed by atoms with E-state index in [1.165, 1.54) is 12.1 Å². The number of carboxylic acids is 1. The summed E-state index contributed by atoms with van der Waals surface area (Å²) in [6.45, 7) is 3.41. The van der Waals surface area contributed by atoms with Crippen LogP contribution in [0.25, 0.3) is 11.3 Å². The van der Waals surface area contributed by atoms with E-state index in [-0.39, 0.29) is 22.9 Å². The Labute approximate surface area is 132 Å². The number of aromatic carboxylic acids is 1. The third-order valence-corrected chi connectivity index (χ3v) is 3.97. The summed E-state index contributed by atoms with van der Waals surface area (Å²) < 4.78 is 36.7. The molecule has 1 aromatic carbocycles. The van der Waals surface area contributed by atoms with E-state index >= 15 is 0 Å². The maximum atomic E-state index is 13.1. The van der Waals surface area contributed by atoms with Crippen molar-refractivity contribution < 1.29 is 22.7 Å². The second kappa shape index (κ2) is 6.04. The van der Waals surface area contributed by atoms with Gasteiger partial charge in [-0.1, -0.05) is 13.8 Å². The van der Waals surface area contributed by atoms with Crippen LogP contribution in [0.2, 0.25) is 0 Å². The number of hydrogen-bond donors (Lipinski definition) is 1. The molecule has 1 heterocycles. The van der Waals surface area contributed by atoms with E-state index < -0.39 is 26.8 Å². The van der Waals surface area contributed by atoms with Crippen LogP contribution in [0.5, 0.6) is 0 Å². The summed E-state index contributed by atoms with van der Waals surface area (Å²) in [5.41, 5.74) is 0.195. The fraction of sp³-hybridized carbons (Fsp3) is 0.267. The molecule has 0 atom stereocenters. The molecule has 0 unspecified atom stereocenters. The van der Waals surface area contributed by atoms with Crippen molar-refractivity contribution >= 4 is 15.8 Å². The molecule has 0 amide bonds. The molecule has 0 aliphatic heterocycles. The fourth-order valence-corrected chi connectivity index (χ4v) is 2.59. The molecule has 8 heteroatoms. The summed E-state index contributed by atoms with van der Waals surface area (Å²) in [6, 6.07) is 5.00. The van der Waals surface area contributed by atoms with Gasteiger partial charge in [0, 0.05) is 11.8 Å². The van der Waals surface area contributed by atoms with Gasteiger partial charge in [0.15, 0.2) is 0 Å². The highest BCUT2D eigenvalue weighted by Crippen LogP contribution is 2.29. The van der Waals surface area contributed by atoms with Gasteiger partial charge in [0.25, 0.3) is 0 Å². The van der Waals surface area contributed by atoms with Crippen molar-refractivity contribution in [3.05, 3.63) is 41.3 Å². The zero-order chi connectivity index (χ0) is 17.4. The van der Waals surface area contributed by atoms with Crippen LogP contribution in [0.3, 0.4) is 0 Å². The van der Waals surface area contributed by atoms with E-state index in [4.69, 9.17) is 0 Å². The lowest BCUT2D eigenvalue weighted by atomic mass is 9.99. The van der Waals surface area contributed by atoms with Crippen LogP contribution < -0.4 is 0 Å². The topological polar surface area (TPSA) is 97.2 Å².